The molecular formula is C16H24N2O4. The number of amides is 1. The zero-order chi connectivity index (χ0) is 16.8. The highest BCUT2D eigenvalue weighted by Gasteiger charge is 2.17. The SMILES string of the molecule is COC(=O)c1ccccc1NC(C)CNC(=O)OC(C)(C)C. The molecule has 1 aromatic rings. The van der Waals surface area contributed by atoms with E-state index in [-0.39, 0.29) is 6.04 Å². The molecule has 0 fully saturated rings. The quantitative estimate of drug-likeness (QED) is 0.818. The molecule has 1 aromatic carbocycles. The maximum absolute atomic E-state index is 11.7. The van der Waals surface area contributed by atoms with Crippen LogP contribution in [0.2, 0.25) is 0 Å². The van der Waals surface area contributed by atoms with E-state index in [0.29, 0.717) is 17.8 Å². The van der Waals surface area contributed by atoms with E-state index in [0.717, 1.165) is 0 Å². The van der Waals surface area contributed by atoms with Gasteiger partial charge in [-0.15, -0.1) is 0 Å². The minimum Gasteiger partial charge on any atom is -0.465 e. The molecule has 22 heavy (non-hydrogen) atoms. The van der Waals surface area contributed by atoms with Crippen molar-refractivity contribution in [2.75, 3.05) is 19.0 Å². The number of methoxy groups -OCH3 is 1. The van der Waals surface area contributed by atoms with Crippen LogP contribution in [0.4, 0.5) is 10.5 Å². The van der Waals surface area contributed by atoms with E-state index < -0.39 is 17.7 Å². The number of carbonyl (C=O) groups is 2. The number of hydrogen-bond donors (Lipinski definition) is 2. The van der Waals surface area contributed by atoms with Gasteiger partial charge in [-0.05, 0) is 39.8 Å². The Balaban J connectivity index is 2.57. The summed E-state index contributed by atoms with van der Waals surface area (Å²) in [7, 11) is 1.34. The van der Waals surface area contributed by atoms with Crippen LogP contribution in [0.15, 0.2) is 24.3 Å². The fourth-order valence-electron chi connectivity index (χ4n) is 1.76. The van der Waals surface area contributed by atoms with Crippen molar-refractivity contribution in [1.29, 1.82) is 0 Å². The molecule has 1 unspecified atom stereocenters. The molecule has 6 nitrogen and oxygen atoms in total. The lowest BCUT2D eigenvalue weighted by Crippen LogP contribution is -2.38. The van der Waals surface area contributed by atoms with Gasteiger partial charge in [0.25, 0.3) is 0 Å². The second kappa shape index (κ2) is 7.68. The Morgan fingerprint density at radius 3 is 2.45 bits per heavy atom. The van der Waals surface area contributed by atoms with Crippen LogP contribution in [-0.2, 0) is 9.47 Å². The number of benzene rings is 1. The van der Waals surface area contributed by atoms with Crippen molar-refractivity contribution in [1.82, 2.24) is 5.32 Å². The average Bonchev–Trinajstić information content (AvgIpc) is 2.43. The summed E-state index contributed by atoms with van der Waals surface area (Å²) < 4.78 is 9.91. The Bertz CT molecular complexity index is 523. The summed E-state index contributed by atoms with van der Waals surface area (Å²) in [5.41, 5.74) is 0.583. The number of hydrogen-bond acceptors (Lipinski definition) is 5. The summed E-state index contributed by atoms with van der Waals surface area (Å²) in [5, 5.41) is 5.85. The first kappa shape index (κ1) is 17.8. The van der Waals surface area contributed by atoms with Gasteiger partial charge in [0, 0.05) is 18.3 Å². The van der Waals surface area contributed by atoms with Crippen LogP contribution < -0.4 is 10.6 Å². The van der Waals surface area contributed by atoms with Gasteiger partial charge in [-0.2, -0.15) is 0 Å². The minimum absolute atomic E-state index is 0.0849. The molecule has 0 spiro atoms. The smallest absolute Gasteiger partial charge is 0.407 e. The van der Waals surface area contributed by atoms with Gasteiger partial charge in [-0.25, -0.2) is 9.59 Å². The highest BCUT2D eigenvalue weighted by molar-refractivity contribution is 5.95. The Kier molecular flexibility index (Phi) is 6.22. The molecule has 0 bridgehead atoms. The van der Waals surface area contributed by atoms with Crippen molar-refractivity contribution in [3.63, 3.8) is 0 Å². The van der Waals surface area contributed by atoms with Gasteiger partial charge in [0.2, 0.25) is 0 Å². The third-order valence-corrected chi connectivity index (χ3v) is 2.69. The second-order valence-corrected chi connectivity index (χ2v) is 5.97. The van der Waals surface area contributed by atoms with E-state index in [1.165, 1.54) is 7.11 Å². The van der Waals surface area contributed by atoms with Crippen LogP contribution in [0, 0.1) is 0 Å². The molecule has 0 aliphatic heterocycles. The molecule has 0 radical (unpaired) electrons. The molecule has 0 saturated heterocycles. The summed E-state index contributed by atoms with van der Waals surface area (Å²) in [4.78, 5) is 23.3. The van der Waals surface area contributed by atoms with Gasteiger partial charge < -0.3 is 20.1 Å². The third-order valence-electron chi connectivity index (χ3n) is 2.69. The van der Waals surface area contributed by atoms with Gasteiger partial charge in [0.15, 0.2) is 0 Å². The summed E-state index contributed by atoms with van der Waals surface area (Å²) in [6, 6.07) is 6.97. The molecule has 122 valence electrons. The van der Waals surface area contributed by atoms with Crippen LogP contribution in [0.3, 0.4) is 0 Å². The number of para-hydroxylation sites is 1. The highest BCUT2D eigenvalue weighted by Crippen LogP contribution is 2.17. The third kappa shape index (κ3) is 6.03. The molecule has 0 heterocycles. The molecule has 0 saturated carbocycles. The number of carbonyl (C=O) groups excluding carboxylic acids is 2. The maximum atomic E-state index is 11.7. The molecule has 1 rings (SSSR count). The van der Waals surface area contributed by atoms with Gasteiger partial charge in [-0.1, -0.05) is 12.1 Å². The van der Waals surface area contributed by atoms with Crippen molar-refractivity contribution in [2.24, 2.45) is 0 Å². The predicted molar refractivity (Wildman–Crippen MR) is 85.1 cm³/mol. The van der Waals surface area contributed by atoms with E-state index in [4.69, 9.17) is 9.47 Å². The largest absolute Gasteiger partial charge is 0.465 e. The monoisotopic (exact) mass is 308 g/mol. The Labute approximate surface area is 131 Å². The van der Waals surface area contributed by atoms with E-state index in [9.17, 15) is 9.59 Å². The minimum atomic E-state index is -0.530. The fraction of sp³-hybridized carbons (Fsp3) is 0.500. The summed E-state index contributed by atoms with van der Waals surface area (Å²) in [5.74, 6) is -0.407. The molecule has 0 aromatic heterocycles. The Morgan fingerprint density at radius 2 is 1.86 bits per heavy atom. The number of anilines is 1. The summed E-state index contributed by atoms with van der Waals surface area (Å²) in [6.07, 6.45) is -0.470. The lowest BCUT2D eigenvalue weighted by atomic mass is 10.1. The predicted octanol–water partition coefficient (Wildman–Crippen LogP) is 2.80. The molecule has 2 N–H and O–H groups in total. The van der Waals surface area contributed by atoms with Crippen LogP contribution >= 0.6 is 0 Å². The van der Waals surface area contributed by atoms with Crippen LogP contribution in [0.1, 0.15) is 38.1 Å². The van der Waals surface area contributed by atoms with Crippen molar-refractivity contribution >= 4 is 17.7 Å². The zero-order valence-electron chi connectivity index (χ0n) is 13.7. The maximum Gasteiger partial charge on any atom is 0.407 e. The van der Waals surface area contributed by atoms with E-state index in [1.807, 2.05) is 13.0 Å². The Hall–Kier alpha value is -2.24. The molecule has 1 amide bonds. The standard InChI is InChI=1S/C16H24N2O4/c1-11(10-17-15(20)22-16(2,3)4)18-13-9-7-6-8-12(13)14(19)21-5/h6-9,11,18H,10H2,1-5H3,(H,17,20). The second-order valence-electron chi connectivity index (χ2n) is 5.97. The summed E-state index contributed by atoms with van der Waals surface area (Å²) in [6.45, 7) is 7.68. The molecule has 0 aliphatic rings. The highest BCUT2D eigenvalue weighted by atomic mass is 16.6. The average molecular weight is 308 g/mol. The van der Waals surface area contributed by atoms with Gasteiger partial charge >= 0.3 is 12.1 Å². The first-order valence-electron chi connectivity index (χ1n) is 7.13. The lowest BCUT2D eigenvalue weighted by molar-refractivity contribution is 0.0524. The van der Waals surface area contributed by atoms with Crippen LogP contribution in [-0.4, -0.2) is 37.4 Å². The first-order chi connectivity index (χ1) is 10.2. The normalized spacial score (nSPS) is 12.2. The van der Waals surface area contributed by atoms with Gasteiger partial charge in [0.1, 0.15) is 5.60 Å². The van der Waals surface area contributed by atoms with E-state index >= 15 is 0 Å². The van der Waals surface area contributed by atoms with Crippen LogP contribution in [0.5, 0.6) is 0 Å². The number of ether oxygens (including phenoxy) is 2. The summed E-state index contributed by atoms with van der Waals surface area (Å²) >= 11 is 0. The fourth-order valence-corrected chi connectivity index (χ4v) is 1.76. The van der Waals surface area contributed by atoms with Crippen molar-refractivity contribution in [3.8, 4) is 0 Å². The van der Waals surface area contributed by atoms with Gasteiger partial charge in [0.05, 0.1) is 12.7 Å². The number of rotatable bonds is 5. The van der Waals surface area contributed by atoms with Crippen molar-refractivity contribution < 1.29 is 19.1 Å². The van der Waals surface area contributed by atoms with Crippen LogP contribution in [0.25, 0.3) is 0 Å². The lowest BCUT2D eigenvalue weighted by Gasteiger charge is -2.22. The number of nitrogens with one attached hydrogen (secondary N) is 2. The van der Waals surface area contributed by atoms with E-state index in [1.54, 1.807) is 39.0 Å². The molecule has 1 atom stereocenters. The Morgan fingerprint density at radius 1 is 1.23 bits per heavy atom. The van der Waals surface area contributed by atoms with Gasteiger partial charge in [-0.3, -0.25) is 0 Å². The topological polar surface area (TPSA) is 76.7 Å². The molecule has 0 aliphatic carbocycles. The number of alkyl carbamates (subject to hydrolysis) is 1. The zero-order valence-corrected chi connectivity index (χ0v) is 13.7. The van der Waals surface area contributed by atoms with Crippen molar-refractivity contribution in [3.05, 3.63) is 29.8 Å². The molecule has 6 heteroatoms. The van der Waals surface area contributed by atoms with Crippen molar-refractivity contribution in [2.45, 2.75) is 39.3 Å². The van der Waals surface area contributed by atoms with E-state index in [2.05, 4.69) is 10.6 Å². The molecular weight excluding hydrogens is 284 g/mol. The number of esters is 1. The first-order valence-corrected chi connectivity index (χ1v) is 7.13.